The van der Waals surface area contributed by atoms with Crippen molar-refractivity contribution >= 4 is 15.9 Å². The number of rotatable bonds is 8. The summed E-state index contributed by atoms with van der Waals surface area (Å²) in [5, 5.41) is 9.76. The molecule has 0 aliphatic carbocycles. The van der Waals surface area contributed by atoms with Crippen LogP contribution in [0, 0.1) is 0 Å². The Morgan fingerprint density at radius 1 is 1.06 bits per heavy atom. The van der Waals surface area contributed by atoms with Gasteiger partial charge in [0.2, 0.25) is 0 Å². The van der Waals surface area contributed by atoms with E-state index in [9.17, 15) is 0 Å². The van der Waals surface area contributed by atoms with E-state index in [1.165, 1.54) is 5.56 Å². The zero-order valence-corrected chi connectivity index (χ0v) is 11.1. The number of alkyl halides is 1. The highest BCUT2D eigenvalue weighted by atomic mass is 79.9. The molecule has 90 valence electrons. The molecular weight excluding hydrogens is 268 g/mol. The van der Waals surface area contributed by atoms with Crippen LogP contribution in [0.3, 0.4) is 0 Å². The lowest BCUT2D eigenvalue weighted by molar-refractivity contribution is 0.288. The maximum absolute atomic E-state index is 8.72. The Balaban J connectivity index is 2.27. The minimum Gasteiger partial charge on any atom is -0.494 e. The van der Waals surface area contributed by atoms with Crippen molar-refractivity contribution < 1.29 is 9.84 Å². The molecule has 0 aromatic heterocycles. The van der Waals surface area contributed by atoms with Gasteiger partial charge in [-0.2, -0.15) is 0 Å². The van der Waals surface area contributed by atoms with Crippen molar-refractivity contribution in [1.82, 2.24) is 0 Å². The monoisotopic (exact) mass is 286 g/mol. The zero-order chi connectivity index (χ0) is 11.6. The molecule has 0 unspecified atom stereocenters. The third kappa shape index (κ3) is 5.52. The molecule has 0 amide bonds. The van der Waals surface area contributed by atoms with E-state index in [0.29, 0.717) is 0 Å². The molecule has 0 radical (unpaired) electrons. The molecule has 1 N–H and O–H groups in total. The Hall–Kier alpha value is -0.540. The van der Waals surface area contributed by atoms with E-state index < -0.39 is 0 Å². The first kappa shape index (κ1) is 13.5. The Bertz CT molecular complexity index is 272. The van der Waals surface area contributed by atoms with Crippen LogP contribution in [0.2, 0.25) is 0 Å². The third-order valence-electron chi connectivity index (χ3n) is 2.34. The van der Waals surface area contributed by atoms with Crippen LogP contribution in [-0.2, 0) is 6.42 Å². The maximum atomic E-state index is 8.72. The molecule has 0 spiro atoms. The van der Waals surface area contributed by atoms with Gasteiger partial charge in [0.05, 0.1) is 6.61 Å². The van der Waals surface area contributed by atoms with E-state index in [0.717, 1.165) is 43.4 Å². The molecule has 1 aromatic carbocycles. The largest absolute Gasteiger partial charge is 0.494 e. The number of hydrogen-bond donors (Lipinski definition) is 1. The highest BCUT2D eigenvalue weighted by Gasteiger charge is 1.95. The summed E-state index contributed by atoms with van der Waals surface area (Å²) in [6.07, 6.45) is 3.98. The van der Waals surface area contributed by atoms with Crippen molar-refractivity contribution in [3.8, 4) is 5.75 Å². The molecule has 0 aliphatic heterocycles. The lowest BCUT2D eigenvalue weighted by Gasteiger charge is -2.06. The molecule has 16 heavy (non-hydrogen) atoms. The second-order valence-corrected chi connectivity index (χ2v) is 4.51. The second-order valence-electron chi connectivity index (χ2n) is 3.72. The number of hydrogen-bond acceptors (Lipinski definition) is 2. The summed E-state index contributed by atoms with van der Waals surface area (Å²) < 4.78 is 5.60. The van der Waals surface area contributed by atoms with Crippen LogP contribution in [-0.4, -0.2) is 23.7 Å². The average Bonchev–Trinajstić information content (AvgIpc) is 2.33. The molecule has 0 saturated heterocycles. The van der Waals surface area contributed by atoms with Gasteiger partial charge >= 0.3 is 0 Å². The van der Waals surface area contributed by atoms with E-state index in [1.807, 2.05) is 12.1 Å². The lowest BCUT2D eigenvalue weighted by atomic mass is 10.1. The number of aliphatic hydroxyl groups excluding tert-OH is 1. The van der Waals surface area contributed by atoms with E-state index in [4.69, 9.17) is 9.84 Å². The standard InChI is InChI=1S/C13H19BrO2/c14-9-1-2-11-16-13-7-5-12(6-8-13)4-3-10-15/h5-8,15H,1-4,9-11H2. The molecule has 0 bridgehead atoms. The summed E-state index contributed by atoms with van der Waals surface area (Å²) >= 11 is 3.39. The van der Waals surface area contributed by atoms with E-state index >= 15 is 0 Å². The number of aryl methyl sites for hydroxylation is 1. The summed E-state index contributed by atoms with van der Waals surface area (Å²) in [7, 11) is 0. The second kappa shape index (κ2) is 8.59. The number of ether oxygens (including phenoxy) is 1. The van der Waals surface area contributed by atoms with Gasteiger partial charge in [-0.15, -0.1) is 0 Å². The fourth-order valence-corrected chi connectivity index (χ4v) is 1.82. The molecule has 2 nitrogen and oxygen atoms in total. The predicted octanol–water partition coefficient (Wildman–Crippen LogP) is 3.17. The highest BCUT2D eigenvalue weighted by molar-refractivity contribution is 9.09. The first-order valence-corrected chi connectivity index (χ1v) is 6.87. The normalized spacial score (nSPS) is 10.4. The minimum atomic E-state index is 0.255. The minimum absolute atomic E-state index is 0.255. The Kier molecular flexibility index (Phi) is 7.26. The number of unbranched alkanes of at least 4 members (excludes halogenated alkanes) is 1. The summed E-state index contributed by atoms with van der Waals surface area (Å²) in [6.45, 7) is 1.03. The zero-order valence-electron chi connectivity index (χ0n) is 9.49. The van der Waals surface area contributed by atoms with Crippen molar-refractivity contribution in [2.45, 2.75) is 25.7 Å². The highest BCUT2D eigenvalue weighted by Crippen LogP contribution is 2.13. The Morgan fingerprint density at radius 3 is 2.44 bits per heavy atom. The smallest absolute Gasteiger partial charge is 0.119 e. The quantitative estimate of drug-likeness (QED) is 0.588. The first-order chi connectivity index (χ1) is 7.86. The average molecular weight is 287 g/mol. The van der Waals surface area contributed by atoms with Crippen molar-refractivity contribution in [2.24, 2.45) is 0 Å². The number of halogens is 1. The van der Waals surface area contributed by atoms with Crippen molar-refractivity contribution in [2.75, 3.05) is 18.5 Å². The van der Waals surface area contributed by atoms with Crippen molar-refractivity contribution in [3.63, 3.8) is 0 Å². The maximum Gasteiger partial charge on any atom is 0.119 e. The Labute approximate surface area is 106 Å². The molecule has 0 heterocycles. The van der Waals surface area contributed by atoms with Crippen LogP contribution in [0.1, 0.15) is 24.8 Å². The van der Waals surface area contributed by atoms with Crippen LogP contribution in [0.4, 0.5) is 0 Å². The van der Waals surface area contributed by atoms with E-state index in [-0.39, 0.29) is 6.61 Å². The molecule has 0 atom stereocenters. The SMILES string of the molecule is OCCCc1ccc(OCCCCBr)cc1. The lowest BCUT2D eigenvalue weighted by Crippen LogP contribution is -1.97. The van der Waals surface area contributed by atoms with Gasteiger partial charge in [-0.3, -0.25) is 0 Å². The molecule has 1 rings (SSSR count). The fourth-order valence-electron chi connectivity index (χ4n) is 1.42. The molecule has 3 heteroatoms. The molecule has 0 saturated carbocycles. The van der Waals surface area contributed by atoms with Crippen LogP contribution < -0.4 is 4.74 Å². The Morgan fingerprint density at radius 2 is 1.81 bits per heavy atom. The molecule has 1 aromatic rings. The predicted molar refractivity (Wildman–Crippen MR) is 70.4 cm³/mol. The van der Waals surface area contributed by atoms with Gasteiger partial charge < -0.3 is 9.84 Å². The van der Waals surface area contributed by atoms with Gasteiger partial charge in [0.15, 0.2) is 0 Å². The van der Waals surface area contributed by atoms with Crippen molar-refractivity contribution in [3.05, 3.63) is 29.8 Å². The molecular formula is C13H19BrO2. The van der Waals surface area contributed by atoms with E-state index in [2.05, 4.69) is 28.1 Å². The fraction of sp³-hybridized carbons (Fsp3) is 0.538. The van der Waals surface area contributed by atoms with Gasteiger partial charge in [0, 0.05) is 11.9 Å². The molecule has 0 fully saturated rings. The van der Waals surface area contributed by atoms with Crippen LogP contribution >= 0.6 is 15.9 Å². The summed E-state index contributed by atoms with van der Waals surface area (Å²) in [4.78, 5) is 0. The number of aliphatic hydroxyl groups is 1. The summed E-state index contributed by atoms with van der Waals surface area (Å²) in [5.74, 6) is 0.933. The third-order valence-corrected chi connectivity index (χ3v) is 2.90. The van der Waals surface area contributed by atoms with Gasteiger partial charge in [-0.05, 0) is 43.4 Å². The van der Waals surface area contributed by atoms with Gasteiger partial charge in [-0.25, -0.2) is 0 Å². The van der Waals surface area contributed by atoms with Crippen LogP contribution in [0.15, 0.2) is 24.3 Å². The summed E-state index contributed by atoms with van der Waals surface area (Å²) in [5.41, 5.74) is 1.25. The summed E-state index contributed by atoms with van der Waals surface area (Å²) in [6, 6.07) is 8.13. The van der Waals surface area contributed by atoms with Gasteiger partial charge in [0.25, 0.3) is 0 Å². The van der Waals surface area contributed by atoms with Crippen molar-refractivity contribution in [1.29, 1.82) is 0 Å². The topological polar surface area (TPSA) is 29.5 Å². The van der Waals surface area contributed by atoms with Gasteiger partial charge in [-0.1, -0.05) is 28.1 Å². The number of benzene rings is 1. The van der Waals surface area contributed by atoms with Gasteiger partial charge in [0.1, 0.15) is 5.75 Å². The first-order valence-electron chi connectivity index (χ1n) is 5.75. The van der Waals surface area contributed by atoms with Crippen LogP contribution in [0.5, 0.6) is 5.75 Å². The van der Waals surface area contributed by atoms with E-state index in [1.54, 1.807) is 0 Å². The molecule has 0 aliphatic rings. The van der Waals surface area contributed by atoms with Crippen LogP contribution in [0.25, 0.3) is 0 Å².